The number of carboxylic acids is 1. The minimum Gasteiger partial charge on any atom is -0.481 e. The van der Waals surface area contributed by atoms with Crippen LogP contribution in [0.1, 0.15) is 11.1 Å². The lowest BCUT2D eigenvalue weighted by Gasteiger charge is -2.01. The molecule has 0 aliphatic rings. The first kappa shape index (κ1) is 9.21. The summed E-state index contributed by atoms with van der Waals surface area (Å²) in [6.07, 6.45) is 1.29. The van der Waals surface area contributed by atoms with Crippen molar-refractivity contribution >= 4 is 17.0 Å². The van der Waals surface area contributed by atoms with Gasteiger partial charge in [-0.3, -0.25) is 4.79 Å². The Hall–Kier alpha value is -2.35. The van der Waals surface area contributed by atoms with E-state index < -0.39 is 5.97 Å². The van der Waals surface area contributed by atoms with Gasteiger partial charge in [0.25, 0.3) is 0 Å². The second kappa shape index (κ2) is 3.42. The molecule has 0 unspecified atom stereocenters. The van der Waals surface area contributed by atoms with E-state index in [2.05, 4.69) is 9.97 Å². The number of carboxylic acid groups (broad SMARTS) is 1. The third kappa shape index (κ3) is 1.53. The van der Waals surface area contributed by atoms with Gasteiger partial charge in [-0.25, -0.2) is 4.98 Å². The molecule has 15 heavy (non-hydrogen) atoms. The molecule has 5 heteroatoms. The molecule has 1 heterocycles. The van der Waals surface area contributed by atoms with Crippen molar-refractivity contribution in [3.05, 3.63) is 29.6 Å². The first-order valence-electron chi connectivity index (χ1n) is 4.29. The molecule has 0 aliphatic heterocycles. The largest absolute Gasteiger partial charge is 0.481 e. The summed E-state index contributed by atoms with van der Waals surface area (Å²) in [5, 5.41) is 17.6. The van der Waals surface area contributed by atoms with Crippen molar-refractivity contribution in [2.75, 3.05) is 0 Å². The molecule has 0 saturated carbocycles. The Balaban J connectivity index is 2.69. The number of nitriles is 1. The Bertz CT molecular complexity index is 566. The predicted octanol–water partition coefficient (Wildman–Crippen LogP) is 1.06. The number of fused-ring (bicyclic) bond motifs is 1. The lowest BCUT2D eigenvalue weighted by Crippen LogP contribution is -2.03. The Morgan fingerprint density at radius 1 is 1.60 bits per heavy atom. The van der Waals surface area contributed by atoms with Crippen molar-refractivity contribution in [1.82, 2.24) is 9.97 Å². The van der Waals surface area contributed by atoms with E-state index in [4.69, 9.17) is 10.4 Å². The number of hydrogen-bond donors (Lipinski definition) is 2. The van der Waals surface area contributed by atoms with E-state index in [0.717, 1.165) is 5.52 Å². The molecule has 74 valence electrons. The standard InChI is InChI=1S/C10H7N3O2/c11-4-6-1-2-8-10(13-5-12-8)7(6)3-9(14)15/h1-2,5H,3H2,(H,12,13)(H,14,15). The first-order chi connectivity index (χ1) is 7.22. The van der Waals surface area contributed by atoms with Crippen LogP contribution < -0.4 is 0 Å². The second-order valence-corrected chi connectivity index (χ2v) is 3.07. The van der Waals surface area contributed by atoms with Crippen LogP contribution in [0, 0.1) is 11.3 Å². The average Bonchev–Trinajstić information content (AvgIpc) is 2.65. The topological polar surface area (TPSA) is 89.8 Å². The fourth-order valence-electron chi connectivity index (χ4n) is 1.50. The van der Waals surface area contributed by atoms with E-state index in [9.17, 15) is 4.79 Å². The van der Waals surface area contributed by atoms with Gasteiger partial charge in [0, 0.05) is 5.56 Å². The van der Waals surface area contributed by atoms with Gasteiger partial charge in [0.1, 0.15) is 0 Å². The number of nitrogens with zero attached hydrogens (tertiary/aromatic N) is 2. The minimum absolute atomic E-state index is 0.189. The van der Waals surface area contributed by atoms with E-state index >= 15 is 0 Å². The number of nitrogens with one attached hydrogen (secondary N) is 1. The third-order valence-electron chi connectivity index (χ3n) is 2.14. The highest BCUT2D eigenvalue weighted by molar-refractivity contribution is 5.85. The molecule has 5 nitrogen and oxygen atoms in total. The van der Waals surface area contributed by atoms with Gasteiger partial charge in [-0.2, -0.15) is 5.26 Å². The van der Waals surface area contributed by atoms with Crippen LogP contribution in [0.2, 0.25) is 0 Å². The van der Waals surface area contributed by atoms with Crippen LogP contribution >= 0.6 is 0 Å². The van der Waals surface area contributed by atoms with Gasteiger partial charge in [-0.1, -0.05) is 0 Å². The number of hydrogen-bond acceptors (Lipinski definition) is 3. The van der Waals surface area contributed by atoms with Crippen LogP contribution in [0.3, 0.4) is 0 Å². The Labute approximate surface area is 85.0 Å². The third-order valence-corrected chi connectivity index (χ3v) is 2.14. The van der Waals surface area contributed by atoms with Gasteiger partial charge >= 0.3 is 5.97 Å². The molecule has 0 aliphatic carbocycles. The number of H-pyrrole nitrogens is 1. The van der Waals surface area contributed by atoms with Crippen molar-refractivity contribution in [3.8, 4) is 6.07 Å². The highest BCUT2D eigenvalue weighted by Gasteiger charge is 2.12. The summed E-state index contributed by atoms with van der Waals surface area (Å²) in [6, 6.07) is 5.28. The number of carbonyl (C=O) groups is 1. The number of benzene rings is 1. The number of aromatic amines is 1. The molecule has 0 saturated heterocycles. The number of rotatable bonds is 2. The highest BCUT2D eigenvalue weighted by atomic mass is 16.4. The normalized spacial score (nSPS) is 10.1. The molecular formula is C10H7N3O2. The SMILES string of the molecule is N#Cc1ccc2[nH]cnc2c1CC(=O)O. The van der Waals surface area contributed by atoms with Gasteiger partial charge in [0.05, 0.1) is 35.4 Å². The summed E-state index contributed by atoms with van der Waals surface area (Å²) in [4.78, 5) is 17.5. The van der Waals surface area contributed by atoms with Gasteiger partial charge in [-0.05, 0) is 12.1 Å². The molecule has 2 N–H and O–H groups in total. The quantitative estimate of drug-likeness (QED) is 0.760. The predicted molar refractivity (Wildman–Crippen MR) is 52.1 cm³/mol. The minimum atomic E-state index is -0.970. The fraction of sp³-hybridized carbons (Fsp3) is 0.100. The van der Waals surface area contributed by atoms with Crippen molar-refractivity contribution in [1.29, 1.82) is 5.26 Å². The average molecular weight is 201 g/mol. The van der Waals surface area contributed by atoms with Crippen LogP contribution in [0.5, 0.6) is 0 Å². The fourth-order valence-corrected chi connectivity index (χ4v) is 1.50. The molecule has 0 atom stereocenters. The molecule has 2 aromatic rings. The van der Waals surface area contributed by atoms with Crippen molar-refractivity contribution < 1.29 is 9.90 Å². The maximum atomic E-state index is 10.7. The molecule has 0 bridgehead atoms. The molecule has 1 aromatic heterocycles. The summed E-state index contributed by atoms with van der Waals surface area (Å²) < 4.78 is 0. The van der Waals surface area contributed by atoms with E-state index in [1.165, 1.54) is 6.33 Å². The van der Waals surface area contributed by atoms with Gasteiger partial charge in [-0.15, -0.1) is 0 Å². The van der Waals surface area contributed by atoms with E-state index in [-0.39, 0.29) is 6.42 Å². The number of aliphatic carboxylic acids is 1. The van der Waals surface area contributed by atoms with Crippen LogP contribution in [0.15, 0.2) is 18.5 Å². The summed E-state index contributed by atoms with van der Waals surface area (Å²) in [5.41, 5.74) is 2.11. The van der Waals surface area contributed by atoms with E-state index in [1.807, 2.05) is 6.07 Å². The zero-order valence-electron chi connectivity index (χ0n) is 7.69. The van der Waals surface area contributed by atoms with Gasteiger partial charge in [0.15, 0.2) is 0 Å². The molecule has 0 radical (unpaired) electrons. The second-order valence-electron chi connectivity index (χ2n) is 3.07. The maximum Gasteiger partial charge on any atom is 0.307 e. The van der Waals surface area contributed by atoms with E-state index in [1.54, 1.807) is 12.1 Å². The molecule has 0 amide bonds. The summed E-state index contributed by atoms with van der Waals surface area (Å²) in [6.45, 7) is 0. The maximum absolute atomic E-state index is 10.7. The van der Waals surface area contributed by atoms with Gasteiger partial charge < -0.3 is 10.1 Å². The smallest absolute Gasteiger partial charge is 0.307 e. The zero-order chi connectivity index (χ0) is 10.8. The highest BCUT2D eigenvalue weighted by Crippen LogP contribution is 2.19. The van der Waals surface area contributed by atoms with Crippen molar-refractivity contribution in [2.45, 2.75) is 6.42 Å². The first-order valence-corrected chi connectivity index (χ1v) is 4.29. The van der Waals surface area contributed by atoms with Crippen LogP contribution in [-0.2, 0) is 11.2 Å². The Morgan fingerprint density at radius 3 is 3.07 bits per heavy atom. The van der Waals surface area contributed by atoms with Crippen LogP contribution in [0.4, 0.5) is 0 Å². The number of imidazole rings is 1. The molecule has 0 fully saturated rings. The molecular weight excluding hydrogens is 194 g/mol. The van der Waals surface area contributed by atoms with Crippen molar-refractivity contribution in [2.24, 2.45) is 0 Å². The monoisotopic (exact) mass is 201 g/mol. The van der Waals surface area contributed by atoms with Gasteiger partial charge in [0.2, 0.25) is 0 Å². The lowest BCUT2D eigenvalue weighted by atomic mass is 10.0. The summed E-state index contributed by atoms with van der Waals surface area (Å²) in [5.74, 6) is -0.970. The van der Waals surface area contributed by atoms with Crippen LogP contribution in [0.25, 0.3) is 11.0 Å². The lowest BCUT2D eigenvalue weighted by molar-refractivity contribution is -0.136. The summed E-state index contributed by atoms with van der Waals surface area (Å²) >= 11 is 0. The number of aromatic nitrogens is 2. The Morgan fingerprint density at radius 2 is 2.40 bits per heavy atom. The Kier molecular flexibility index (Phi) is 2.10. The molecule has 2 rings (SSSR count). The van der Waals surface area contributed by atoms with E-state index in [0.29, 0.717) is 16.6 Å². The summed E-state index contributed by atoms with van der Waals surface area (Å²) in [7, 11) is 0. The molecule has 0 spiro atoms. The van der Waals surface area contributed by atoms with Crippen molar-refractivity contribution in [3.63, 3.8) is 0 Å². The zero-order valence-corrected chi connectivity index (χ0v) is 7.69. The van der Waals surface area contributed by atoms with Crippen LogP contribution in [-0.4, -0.2) is 21.0 Å². The molecule has 1 aromatic carbocycles.